The highest BCUT2D eigenvalue weighted by atomic mass is 35.5. The Labute approximate surface area is 133 Å². The third-order valence-corrected chi connectivity index (χ3v) is 5.61. The molecule has 0 spiro atoms. The second-order valence-corrected chi connectivity index (χ2v) is 7.55. The Morgan fingerprint density at radius 1 is 1.14 bits per heavy atom. The molecular weight excluding hydrogens is 288 g/mol. The Hall–Kier alpha value is -0.565. The predicted molar refractivity (Wildman–Crippen MR) is 90.6 cm³/mol. The van der Waals surface area contributed by atoms with Gasteiger partial charge in [0.2, 0.25) is 6.43 Å². The molecule has 21 heavy (non-hydrogen) atoms. The van der Waals surface area contributed by atoms with Gasteiger partial charge in [-0.05, 0) is 22.5 Å². The van der Waals surface area contributed by atoms with Gasteiger partial charge in [0.25, 0.3) is 0 Å². The summed E-state index contributed by atoms with van der Waals surface area (Å²) in [5.74, 6) is 0. The third kappa shape index (κ3) is 4.98. The lowest BCUT2D eigenvalue weighted by Crippen LogP contribution is -2.35. The predicted octanol–water partition coefficient (Wildman–Crippen LogP) is 5.09. The second-order valence-electron chi connectivity index (χ2n) is 7.14. The molecule has 0 N–H and O–H groups in total. The molecule has 0 fully saturated rings. The number of rotatable bonds is 7. The van der Waals surface area contributed by atoms with Crippen molar-refractivity contribution in [3.8, 4) is 0 Å². The molecule has 0 atom stereocenters. The fourth-order valence-electron chi connectivity index (χ4n) is 2.38. The maximum Gasteiger partial charge on any atom is 0.242 e. The number of benzene rings is 1. The van der Waals surface area contributed by atoms with Crippen LogP contribution in [0.3, 0.4) is 0 Å². The number of alkyl halides is 2. The van der Waals surface area contributed by atoms with Crippen molar-refractivity contribution in [3.63, 3.8) is 0 Å². The smallest absolute Gasteiger partial charge is 0.210 e. The minimum absolute atomic E-state index is 0.199. The van der Waals surface area contributed by atoms with Gasteiger partial charge < -0.3 is 0 Å². The SMILES string of the molecule is CCC(C)(C)C(C)(C)CBc1ccc(Cl)c(CC(F)F)c1. The molecule has 1 aromatic carbocycles. The number of halogens is 3. The van der Waals surface area contributed by atoms with Crippen LogP contribution in [0.15, 0.2) is 18.2 Å². The molecule has 0 unspecified atom stereocenters. The molecule has 0 heterocycles. The van der Waals surface area contributed by atoms with Gasteiger partial charge in [0.05, 0.1) is 0 Å². The Balaban J connectivity index is 2.80. The topological polar surface area (TPSA) is 0 Å². The molecule has 1 aromatic rings. The molecule has 0 aliphatic carbocycles. The van der Waals surface area contributed by atoms with Gasteiger partial charge in [-0.3, -0.25) is 0 Å². The van der Waals surface area contributed by atoms with E-state index in [1.54, 1.807) is 6.07 Å². The molecule has 0 aliphatic rings. The summed E-state index contributed by atoms with van der Waals surface area (Å²) in [5, 5.41) is 0.437. The minimum atomic E-state index is -2.35. The summed E-state index contributed by atoms with van der Waals surface area (Å²) in [6, 6.07) is 5.53. The van der Waals surface area contributed by atoms with Gasteiger partial charge in [-0.1, -0.05) is 76.6 Å². The molecule has 0 saturated carbocycles. The van der Waals surface area contributed by atoms with E-state index in [0.29, 0.717) is 10.6 Å². The Morgan fingerprint density at radius 3 is 2.29 bits per heavy atom. The zero-order valence-electron chi connectivity index (χ0n) is 13.8. The average molecular weight is 315 g/mol. The Kier molecular flexibility index (Phi) is 6.28. The van der Waals surface area contributed by atoms with E-state index in [1.807, 2.05) is 12.1 Å². The highest BCUT2D eigenvalue weighted by Crippen LogP contribution is 2.43. The van der Waals surface area contributed by atoms with Crippen molar-refractivity contribution >= 4 is 24.3 Å². The second kappa shape index (κ2) is 7.13. The van der Waals surface area contributed by atoms with Crippen LogP contribution in [0.2, 0.25) is 11.3 Å². The average Bonchev–Trinajstić information content (AvgIpc) is 2.39. The van der Waals surface area contributed by atoms with Crippen molar-refractivity contribution in [2.45, 2.75) is 60.2 Å². The first-order valence-corrected chi connectivity index (χ1v) is 8.02. The van der Waals surface area contributed by atoms with E-state index in [1.165, 1.54) is 0 Å². The van der Waals surface area contributed by atoms with E-state index < -0.39 is 6.43 Å². The van der Waals surface area contributed by atoms with Crippen LogP contribution in [0.1, 0.15) is 46.6 Å². The Morgan fingerprint density at radius 2 is 1.76 bits per heavy atom. The largest absolute Gasteiger partial charge is 0.242 e. The normalized spacial score (nSPS) is 12.8. The summed E-state index contributed by atoms with van der Waals surface area (Å²) < 4.78 is 25.1. The molecule has 0 saturated heterocycles. The highest BCUT2D eigenvalue weighted by Gasteiger charge is 2.34. The van der Waals surface area contributed by atoms with Gasteiger partial charge in [0.1, 0.15) is 0 Å². The first-order valence-electron chi connectivity index (χ1n) is 7.64. The lowest BCUT2D eigenvalue weighted by Gasteiger charge is -2.41. The number of hydrogen-bond acceptors (Lipinski definition) is 0. The summed E-state index contributed by atoms with van der Waals surface area (Å²) >= 11 is 5.99. The van der Waals surface area contributed by atoms with E-state index in [9.17, 15) is 8.78 Å². The first kappa shape index (κ1) is 18.5. The van der Waals surface area contributed by atoms with Crippen LogP contribution in [0.4, 0.5) is 8.78 Å². The molecule has 0 amide bonds. The molecule has 0 bridgehead atoms. The lowest BCUT2D eigenvalue weighted by molar-refractivity contribution is 0.127. The van der Waals surface area contributed by atoms with Gasteiger partial charge in [0.15, 0.2) is 7.28 Å². The molecular formula is C17H26BClF2. The highest BCUT2D eigenvalue weighted by molar-refractivity contribution is 6.53. The van der Waals surface area contributed by atoms with Crippen molar-refractivity contribution in [3.05, 3.63) is 28.8 Å². The maximum absolute atomic E-state index is 12.6. The summed E-state index contributed by atoms with van der Waals surface area (Å²) in [6.45, 7) is 11.4. The quantitative estimate of drug-likeness (QED) is 0.615. The molecule has 4 heteroatoms. The fraction of sp³-hybridized carbons (Fsp3) is 0.647. The monoisotopic (exact) mass is 314 g/mol. The van der Waals surface area contributed by atoms with Crippen molar-refractivity contribution in [1.29, 1.82) is 0 Å². The molecule has 118 valence electrons. The van der Waals surface area contributed by atoms with Crippen LogP contribution in [0.25, 0.3) is 0 Å². The van der Waals surface area contributed by atoms with Crippen LogP contribution in [-0.4, -0.2) is 13.7 Å². The Bertz CT molecular complexity index is 470. The summed E-state index contributed by atoms with van der Waals surface area (Å²) in [4.78, 5) is 0. The van der Waals surface area contributed by atoms with E-state index >= 15 is 0 Å². The van der Waals surface area contributed by atoms with Gasteiger partial charge in [-0.25, -0.2) is 8.78 Å². The van der Waals surface area contributed by atoms with Crippen molar-refractivity contribution in [2.24, 2.45) is 10.8 Å². The standard InChI is InChI=1S/C17H26BClF2/c1-6-16(2,3)17(4,5)11-18-13-7-8-14(19)12(9-13)10-15(20)21/h7-9,15,18H,6,10-11H2,1-5H3. The van der Waals surface area contributed by atoms with E-state index in [4.69, 9.17) is 11.6 Å². The van der Waals surface area contributed by atoms with E-state index in [2.05, 4.69) is 34.6 Å². The maximum atomic E-state index is 12.6. The molecule has 0 nitrogen and oxygen atoms in total. The summed E-state index contributed by atoms with van der Waals surface area (Å²) in [7, 11) is 0.893. The van der Waals surface area contributed by atoms with Gasteiger partial charge in [-0.15, -0.1) is 0 Å². The zero-order chi connectivity index (χ0) is 16.3. The lowest BCUT2D eigenvalue weighted by atomic mass is 9.52. The number of hydrogen-bond donors (Lipinski definition) is 0. The molecule has 0 aliphatic heterocycles. The van der Waals surface area contributed by atoms with Crippen molar-refractivity contribution in [1.82, 2.24) is 0 Å². The fourth-order valence-corrected chi connectivity index (χ4v) is 2.57. The first-order chi connectivity index (χ1) is 9.59. The van der Waals surface area contributed by atoms with E-state index in [0.717, 1.165) is 25.5 Å². The minimum Gasteiger partial charge on any atom is -0.210 e. The van der Waals surface area contributed by atoms with Crippen LogP contribution in [-0.2, 0) is 6.42 Å². The van der Waals surface area contributed by atoms with Crippen molar-refractivity contribution in [2.75, 3.05) is 0 Å². The zero-order valence-corrected chi connectivity index (χ0v) is 14.5. The van der Waals surface area contributed by atoms with Crippen LogP contribution < -0.4 is 5.46 Å². The van der Waals surface area contributed by atoms with Crippen LogP contribution in [0.5, 0.6) is 0 Å². The van der Waals surface area contributed by atoms with E-state index in [-0.39, 0.29) is 17.3 Å². The van der Waals surface area contributed by atoms with Crippen LogP contribution in [0, 0.1) is 10.8 Å². The van der Waals surface area contributed by atoms with Gasteiger partial charge in [-0.2, -0.15) is 0 Å². The third-order valence-electron chi connectivity index (χ3n) is 5.24. The van der Waals surface area contributed by atoms with Crippen LogP contribution >= 0.6 is 11.6 Å². The van der Waals surface area contributed by atoms with Gasteiger partial charge >= 0.3 is 0 Å². The van der Waals surface area contributed by atoms with Crippen molar-refractivity contribution < 1.29 is 8.78 Å². The molecule has 1 rings (SSSR count). The van der Waals surface area contributed by atoms with Gasteiger partial charge in [0, 0.05) is 11.4 Å². The molecule has 0 radical (unpaired) electrons. The molecule has 0 aromatic heterocycles. The summed E-state index contributed by atoms with van der Waals surface area (Å²) in [5.41, 5.74) is 2.10. The summed E-state index contributed by atoms with van der Waals surface area (Å²) in [6.07, 6.45) is -0.467.